The normalized spacial score (nSPS) is 17.6. The number of nitrogens with zero attached hydrogens (tertiary/aromatic N) is 4. The van der Waals surface area contributed by atoms with E-state index in [4.69, 9.17) is 0 Å². The van der Waals surface area contributed by atoms with E-state index < -0.39 is 180 Å². The second-order valence-corrected chi connectivity index (χ2v) is 39.3. The molecule has 596 valence electrons. The minimum Gasteiger partial charge on any atom is -0.311 e. The summed E-state index contributed by atoms with van der Waals surface area (Å²) < 4.78 is 280. The molecule has 0 fully saturated rings. The third-order valence-corrected chi connectivity index (χ3v) is 21.0. The SMILES string of the molecule is [2H]c1c([2H])c([2H])c2c(c1[2H])c1c([2H])c([2H])c([2H])c([2H])c1n2-c1ccc2c(c1)N(c1cc(-c3cccc(C([2H])([2H])C(C)(C)C)c3)c(C([2H])([2H])C(C)(C)C)cc1-c1cccc(C([2H])([2H])C(C)(C)C)c1)c1cc(CC(C)(C)C)cc3c1B2c1ccc(-n2c4c([2H])c([2H])c([2H])c([2H])c4c4c([2H])c([2H])c([2H])c([2H])c42)cc1N3c1cc(-c2cccc(C([2H])([2H])C(C)(C)C)c2)c(C([2H])([2H])C(C)(C)C)cc1-c1cccc(C([2H])([2H])C(C)(C)C)c1. The zero-order valence-electron chi connectivity index (χ0n) is 99.7. The van der Waals surface area contributed by atoms with E-state index in [1.807, 2.05) is 46.2 Å². The fourth-order valence-electron chi connectivity index (χ4n) is 17.2. The predicted molar refractivity (Wildman–Crippen MR) is 513 cm³/mol. The van der Waals surface area contributed by atoms with Gasteiger partial charge in [-0.3, -0.25) is 0 Å². The Morgan fingerprint density at radius 1 is 0.271 bits per heavy atom. The molecule has 13 aromatic carbocycles. The highest BCUT2D eigenvalue weighted by Crippen LogP contribution is 2.54. The minimum atomic E-state index is -2.32. The number of anilines is 6. The zero-order valence-corrected chi connectivity index (χ0v) is 71.7. The average Bonchev–Trinajstić information content (AvgIpc) is 1.35. The molecule has 5 heteroatoms. The number of hydrogen-bond donors (Lipinski definition) is 0. The third-order valence-electron chi connectivity index (χ3n) is 21.0. The maximum Gasteiger partial charge on any atom is 0.252 e. The first-order valence-corrected chi connectivity index (χ1v) is 41.0. The molecule has 0 saturated heterocycles. The van der Waals surface area contributed by atoms with E-state index in [1.165, 1.54) is 9.13 Å². The minimum absolute atomic E-state index is 0.0943. The monoisotopic (exact) mass is 1570 g/mol. The summed E-state index contributed by atoms with van der Waals surface area (Å²) in [6.07, 6.45) is -12.6. The summed E-state index contributed by atoms with van der Waals surface area (Å²) >= 11 is 0. The van der Waals surface area contributed by atoms with Crippen LogP contribution in [0.2, 0.25) is 0 Å². The van der Waals surface area contributed by atoms with Crippen molar-refractivity contribution < 1.29 is 38.4 Å². The highest BCUT2D eigenvalue weighted by Gasteiger charge is 2.46. The molecule has 0 aliphatic carbocycles. The summed E-state index contributed by atoms with van der Waals surface area (Å²) in [4.78, 5) is 4.04. The van der Waals surface area contributed by atoms with Crippen molar-refractivity contribution in [3.8, 4) is 55.9 Å². The number of fused-ring (bicyclic) bond motifs is 10. The molecule has 15 aromatic rings. The van der Waals surface area contributed by atoms with Crippen LogP contribution in [0.4, 0.5) is 34.1 Å². The van der Waals surface area contributed by atoms with Crippen molar-refractivity contribution in [1.82, 2.24) is 9.13 Å². The Kier molecular flexibility index (Phi) is 13.2. The first-order valence-electron chi connectivity index (χ1n) is 55.0. The number of hydrogen-bond acceptors (Lipinski definition) is 2. The van der Waals surface area contributed by atoms with Crippen molar-refractivity contribution in [2.75, 3.05) is 9.80 Å². The molecule has 4 heterocycles. The Bertz CT molecular complexity index is 7440. The van der Waals surface area contributed by atoms with Gasteiger partial charge in [0.2, 0.25) is 0 Å². The molecular weight excluding hydrogens is 1420 g/mol. The van der Waals surface area contributed by atoms with Gasteiger partial charge < -0.3 is 18.9 Å². The van der Waals surface area contributed by atoms with Gasteiger partial charge in [0.05, 0.1) is 55.4 Å². The smallest absolute Gasteiger partial charge is 0.252 e. The van der Waals surface area contributed by atoms with Gasteiger partial charge in [0.15, 0.2) is 0 Å². The fourth-order valence-corrected chi connectivity index (χ4v) is 17.2. The quantitative estimate of drug-likeness (QED) is 0.0951. The molecule has 118 heavy (non-hydrogen) atoms. The fraction of sp³-hybridized carbons (Fsp3) is 0.310. The standard InChI is InChI=1S/C113H121BN4/c1-107(2,3)66-73-34-30-38-78(54-73)90-64-100(92(60-82(90)71-112(16,17)18)80-40-32-36-75(56-80)68-109(7,8)9)117-102-62-84(115-96-46-26-22-42-86(96)87-43-23-27-47-97(87)115)50-52-94(102)114-95-53-51-85(116-98-48-28-24-44-88(98)89-45-25-29-49-99(89)116)63-103(95)118(105-59-77(70-111(13,14)15)58-104(117)106(105)114)101-65-91(79-39-31-35-74(55-79)67-108(4,5)6)83(72-113(19,20)21)61-93(101)81-41-33-37-76(57-81)69-110(10,11)12/h22-65H,66-72H2,1-21H3/i22D,23D,24D,25D,26D,27D,28D,29D,42D,43D,44D,45D,46D,47D,48D,49D,66D2,67D2,68D2,69D2,71D2,72D2. The van der Waals surface area contributed by atoms with Gasteiger partial charge in [0.1, 0.15) is 0 Å². The van der Waals surface area contributed by atoms with Gasteiger partial charge in [0, 0.05) is 83.2 Å². The summed E-state index contributed by atoms with van der Waals surface area (Å²) in [6.45, 7) is 37.4. The lowest BCUT2D eigenvalue weighted by molar-refractivity contribution is 0.410. The van der Waals surface area contributed by atoms with Crippen LogP contribution in [0.15, 0.2) is 267 Å². The maximum atomic E-state index is 10.8. The van der Waals surface area contributed by atoms with Gasteiger partial charge in [-0.05, 0) is 256 Å². The van der Waals surface area contributed by atoms with Crippen LogP contribution in [0.5, 0.6) is 0 Å². The topological polar surface area (TPSA) is 16.3 Å². The molecule has 0 bridgehead atoms. The summed E-state index contributed by atoms with van der Waals surface area (Å²) in [6, 6.07) is 39.9. The number of para-hydroxylation sites is 4. The van der Waals surface area contributed by atoms with Gasteiger partial charge in [-0.1, -0.05) is 327 Å². The zero-order chi connectivity index (χ0) is 108. The van der Waals surface area contributed by atoms with Gasteiger partial charge in [-0.2, -0.15) is 0 Å². The summed E-state index contributed by atoms with van der Waals surface area (Å²) in [7, 11) is 0. The number of aromatic nitrogens is 2. The van der Waals surface area contributed by atoms with Crippen molar-refractivity contribution in [3.63, 3.8) is 0 Å². The van der Waals surface area contributed by atoms with E-state index in [0.717, 1.165) is 0 Å². The van der Waals surface area contributed by atoms with Crippen LogP contribution in [0, 0.1) is 37.9 Å². The van der Waals surface area contributed by atoms with Crippen LogP contribution in [-0.4, -0.2) is 15.8 Å². The molecule has 2 aromatic heterocycles. The molecule has 0 saturated carbocycles. The summed E-state index contributed by atoms with van der Waals surface area (Å²) in [5.41, 5.74) is 0.145. The number of rotatable bonds is 15. The largest absolute Gasteiger partial charge is 0.311 e. The van der Waals surface area contributed by atoms with E-state index in [0.29, 0.717) is 66.7 Å². The first-order chi connectivity index (χ1) is 67.1. The van der Waals surface area contributed by atoms with Crippen molar-refractivity contribution in [3.05, 3.63) is 305 Å². The van der Waals surface area contributed by atoms with Crippen molar-refractivity contribution in [2.45, 2.75) is 190 Å². The van der Waals surface area contributed by atoms with Crippen LogP contribution in [0.25, 0.3) is 99.5 Å². The van der Waals surface area contributed by atoms with E-state index in [1.54, 1.807) is 246 Å². The molecule has 17 rings (SSSR count). The Hall–Kier alpha value is -10.9. The van der Waals surface area contributed by atoms with Crippen molar-refractivity contribution >= 4 is 101 Å². The van der Waals surface area contributed by atoms with E-state index in [9.17, 15) is 38.4 Å². The molecule has 0 atom stereocenters. The Balaban J connectivity index is 1.16. The molecule has 0 unspecified atom stereocenters. The van der Waals surface area contributed by atoms with Crippen molar-refractivity contribution in [1.29, 1.82) is 0 Å². The van der Waals surface area contributed by atoms with Gasteiger partial charge in [-0.25, -0.2) is 0 Å². The Morgan fingerprint density at radius 3 is 0.864 bits per heavy atom. The molecular formula is C113H121BN4. The van der Waals surface area contributed by atoms with E-state index >= 15 is 0 Å². The molecule has 0 N–H and O–H groups in total. The molecule has 0 radical (unpaired) electrons. The van der Waals surface area contributed by atoms with E-state index in [-0.39, 0.29) is 129 Å². The molecule has 4 nitrogen and oxygen atoms in total. The van der Waals surface area contributed by atoms with Gasteiger partial charge in [0.25, 0.3) is 6.71 Å². The second kappa shape index (κ2) is 29.6. The molecule has 0 amide bonds. The Morgan fingerprint density at radius 2 is 0.568 bits per heavy atom. The summed E-state index contributed by atoms with van der Waals surface area (Å²) in [5.74, 6) is 0. The van der Waals surface area contributed by atoms with Crippen LogP contribution in [0.3, 0.4) is 0 Å². The highest BCUT2D eigenvalue weighted by molar-refractivity contribution is 7.00. The first kappa shape index (κ1) is 52.8. The third kappa shape index (κ3) is 16.1. The van der Waals surface area contributed by atoms with Crippen LogP contribution >= 0.6 is 0 Å². The molecule has 0 spiro atoms. The van der Waals surface area contributed by atoms with Crippen molar-refractivity contribution in [2.24, 2.45) is 37.9 Å². The lowest BCUT2D eigenvalue weighted by Crippen LogP contribution is -2.61. The second-order valence-electron chi connectivity index (χ2n) is 39.3. The highest BCUT2D eigenvalue weighted by atomic mass is 15.2. The van der Waals surface area contributed by atoms with Gasteiger partial charge in [-0.15, -0.1) is 0 Å². The average molecular weight is 1570 g/mol. The predicted octanol–water partition coefficient (Wildman–Crippen LogP) is 29.8. The van der Waals surface area contributed by atoms with Crippen LogP contribution < -0.4 is 26.2 Å². The maximum absolute atomic E-state index is 10.8. The lowest BCUT2D eigenvalue weighted by atomic mass is 9.33. The molecule has 2 aliphatic heterocycles. The number of benzene rings is 13. The lowest BCUT2D eigenvalue weighted by Gasteiger charge is -2.46. The Labute approximate surface area is 744 Å². The summed E-state index contributed by atoms with van der Waals surface area (Å²) in [5, 5.41) is -0.860. The van der Waals surface area contributed by atoms with Crippen LogP contribution in [0.1, 0.15) is 223 Å². The van der Waals surface area contributed by atoms with E-state index in [2.05, 4.69) is 32.9 Å². The molecule has 2 aliphatic rings. The van der Waals surface area contributed by atoms with Crippen LogP contribution in [-0.2, 0) is 44.7 Å². The van der Waals surface area contributed by atoms with Gasteiger partial charge >= 0.3 is 0 Å².